The van der Waals surface area contributed by atoms with E-state index < -0.39 is 28.2 Å². The van der Waals surface area contributed by atoms with Gasteiger partial charge < -0.3 is 10.5 Å². The monoisotopic (exact) mass is 396 g/mol. The molecule has 1 aromatic heterocycles. The Hall–Kier alpha value is -2.58. The second-order valence-electron chi connectivity index (χ2n) is 5.60. The van der Waals surface area contributed by atoms with Crippen LogP contribution in [0.5, 0.6) is 0 Å². The van der Waals surface area contributed by atoms with Crippen molar-refractivity contribution in [3.05, 3.63) is 59.0 Å². The molecular weight excluding hydrogens is 383 g/mol. The van der Waals surface area contributed by atoms with Gasteiger partial charge in [0.2, 0.25) is 9.84 Å². The number of fused-ring (bicyclic) bond motifs is 1. The normalized spacial score (nSPS) is 11.7. The molecule has 0 radical (unpaired) electrons. The fourth-order valence-electron chi connectivity index (χ4n) is 2.80. The van der Waals surface area contributed by atoms with Gasteiger partial charge in [-0.3, -0.25) is 9.47 Å². The van der Waals surface area contributed by atoms with Gasteiger partial charge in [0.15, 0.2) is 0 Å². The van der Waals surface area contributed by atoms with Crippen molar-refractivity contribution >= 4 is 38.3 Å². The molecule has 0 amide bonds. The second kappa shape index (κ2) is 6.62. The molecule has 26 heavy (non-hydrogen) atoms. The van der Waals surface area contributed by atoms with Gasteiger partial charge in [-0.15, -0.1) is 0 Å². The van der Waals surface area contributed by atoms with E-state index in [9.17, 15) is 17.6 Å². The van der Waals surface area contributed by atoms with Crippen LogP contribution in [0.3, 0.4) is 0 Å². The Labute approximate surface area is 153 Å². The van der Waals surface area contributed by atoms with Crippen LogP contribution in [-0.4, -0.2) is 30.7 Å². The van der Waals surface area contributed by atoms with E-state index in [0.717, 1.165) is 6.07 Å². The Bertz CT molecular complexity index is 1130. The number of hydrogen-bond donors (Lipinski definition) is 2. The maximum Gasteiger partial charge on any atom is 0.324 e. The average Bonchev–Trinajstić information content (AvgIpc) is 2.84. The van der Waals surface area contributed by atoms with E-state index in [1.807, 2.05) is 0 Å². The quantitative estimate of drug-likeness (QED) is 0.691. The molecule has 0 atom stereocenters. The van der Waals surface area contributed by atoms with Crippen LogP contribution in [0.2, 0.25) is 5.02 Å². The molecule has 6 nitrogen and oxygen atoms in total. The number of hydrogen-bond acceptors (Lipinski definition) is 4. The van der Waals surface area contributed by atoms with Crippen LogP contribution in [0.4, 0.5) is 4.39 Å². The minimum Gasteiger partial charge on any atom is -0.480 e. The van der Waals surface area contributed by atoms with E-state index in [2.05, 4.69) is 5.43 Å². The van der Waals surface area contributed by atoms with Gasteiger partial charge in [-0.25, -0.2) is 12.8 Å². The van der Waals surface area contributed by atoms with Crippen molar-refractivity contribution in [2.75, 3.05) is 12.0 Å². The standard InChI is InChI=1S/C17H14ClFN2O4S/c1-10-17(26(24,25)13-4-2-3-11(18)7-13)14-8-12(19)5-6-15(14)21(10)20-9-16(22)23/h2-8,20H,9H2,1H3,(H,22,23). The van der Waals surface area contributed by atoms with Gasteiger partial charge in [0.05, 0.1) is 16.1 Å². The smallest absolute Gasteiger partial charge is 0.324 e. The lowest BCUT2D eigenvalue weighted by atomic mass is 10.2. The van der Waals surface area contributed by atoms with Crippen LogP contribution < -0.4 is 5.43 Å². The molecule has 1 heterocycles. The summed E-state index contributed by atoms with van der Waals surface area (Å²) in [7, 11) is -4.01. The molecule has 0 saturated heterocycles. The van der Waals surface area contributed by atoms with Crippen molar-refractivity contribution in [3.63, 3.8) is 0 Å². The predicted molar refractivity (Wildman–Crippen MR) is 95.4 cm³/mol. The molecule has 3 aromatic rings. The number of nitrogens with one attached hydrogen (secondary N) is 1. The largest absolute Gasteiger partial charge is 0.480 e. The molecule has 3 rings (SSSR count). The topological polar surface area (TPSA) is 88.4 Å². The van der Waals surface area contributed by atoms with Crippen LogP contribution in [0, 0.1) is 12.7 Å². The van der Waals surface area contributed by atoms with Gasteiger partial charge in [-0.1, -0.05) is 17.7 Å². The van der Waals surface area contributed by atoms with E-state index in [-0.39, 0.29) is 25.9 Å². The SMILES string of the molecule is Cc1c(S(=O)(=O)c2cccc(Cl)c2)c2cc(F)ccc2n1NCC(=O)O. The van der Waals surface area contributed by atoms with Gasteiger partial charge in [0, 0.05) is 10.4 Å². The Kier molecular flexibility index (Phi) is 4.64. The van der Waals surface area contributed by atoms with Crippen molar-refractivity contribution < 1.29 is 22.7 Å². The highest BCUT2D eigenvalue weighted by atomic mass is 35.5. The molecule has 136 valence electrons. The van der Waals surface area contributed by atoms with Gasteiger partial charge in [0.25, 0.3) is 0 Å². The third kappa shape index (κ3) is 3.13. The first-order chi connectivity index (χ1) is 12.2. The fraction of sp³-hybridized carbons (Fsp3) is 0.118. The number of aliphatic carboxylic acids is 1. The molecule has 0 bridgehead atoms. The molecule has 0 saturated carbocycles. The number of nitrogens with zero attached hydrogens (tertiary/aromatic N) is 1. The Morgan fingerprint density at radius 3 is 2.65 bits per heavy atom. The first kappa shape index (κ1) is 18.2. The van der Waals surface area contributed by atoms with Crippen LogP contribution >= 0.6 is 11.6 Å². The number of halogens is 2. The number of aromatic nitrogens is 1. The van der Waals surface area contributed by atoms with Crippen molar-refractivity contribution in [1.29, 1.82) is 0 Å². The van der Waals surface area contributed by atoms with Gasteiger partial charge >= 0.3 is 5.97 Å². The van der Waals surface area contributed by atoms with Crippen LogP contribution in [-0.2, 0) is 14.6 Å². The van der Waals surface area contributed by atoms with E-state index in [1.165, 1.54) is 41.9 Å². The Morgan fingerprint density at radius 2 is 2.00 bits per heavy atom. The summed E-state index contributed by atoms with van der Waals surface area (Å²) in [5, 5.41) is 9.29. The Balaban J connectivity index is 2.30. The zero-order valence-electron chi connectivity index (χ0n) is 13.5. The number of sulfone groups is 1. The van der Waals surface area contributed by atoms with Crippen LogP contribution in [0.25, 0.3) is 10.9 Å². The van der Waals surface area contributed by atoms with E-state index in [1.54, 1.807) is 6.07 Å². The molecule has 0 spiro atoms. The van der Waals surface area contributed by atoms with Gasteiger partial charge in [-0.05, 0) is 43.3 Å². The summed E-state index contributed by atoms with van der Waals surface area (Å²) in [6, 6.07) is 9.44. The maximum atomic E-state index is 13.8. The summed E-state index contributed by atoms with van der Waals surface area (Å²) in [4.78, 5) is 10.7. The first-order valence-electron chi connectivity index (χ1n) is 7.48. The van der Waals surface area contributed by atoms with Gasteiger partial charge in [0.1, 0.15) is 17.3 Å². The summed E-state index contributed by atoms with van der Waals surface area (Å²) in [5.74, 6) is -1.72. The highest BCUT2D eigenvalue weighted by Gasteiger charge is 2.27. The summed E-state index contributed by atoms with van der Waals surface area (Å²) < 4.78 is 41.4. The van der Waals surface area contributed by atoms with E-state index in [0.29, 0.717) is 5.52 Å². The van der Waals surface area contributed by atoms with Crippen molar-refractivity contribution in [1.82, 2.24) is 4.68 Å². The number of rotatable bonds is 5. The summed E-state index contributed by atoms with van der Waals surface area (Å²) >= 11 is 5.90. The molecule has 0 aliphatic rings. The van der Waals surface area contributed by atoms with Crippen molar-refractivity contribution in [3.8, 4) is 0 Å². The van der Waals surface area contributed by atoms with Crippen LogP contribution in [0.1, 0.15) is 5.69 Å². The zero-order chi connectivity index (χ0) is 19.1. The minimum absolute atomic E-state index is 0.0327. The fourth-order valence-corrected chi connectivity index (χ4v) is 4.77. The average molecular weight is 397 g/mol. The van der Waals surface area contributed by atoms with E-state index in [4.69, 9.17) is 16.7 Å². The lowest BCUT2D eigenvalue weighted by molar-refractivity contribution is -0.135. The van der Waals surface area contributed by atoms with E-state index >= 15 is 0 Å². The van der Waals surface area contributed by atoms with Crippen molar-refractivity contribution in [2.45, 2.75) is 16.7 Å². The molecular formula is C17H14ClFN2O4S. The first-order valence-corrected chi connectivity index (χ1v) is 9.35. The molecule has 0 fully saturated rings. The molecule has 2 N–H and O–H groups in total. The molecule has 0 unspecified atom stereocenters. The summed E-state index contributed by atoms with van der Waals surface area (Å²) in [6.07, 6.45) is 0. The summed E-state index contributed by atoms with van der Waals surface area (Å²) in [5.41, 5.74) is 3.23. The molecule has 0 aliphatic heterocycles. The number of benzene rings is 2. The lowest BCUT2D eigenvalue weighted by Gasteiger charge is -2.10. The second-order valence-corrected chi connectivity index (χ2v) is 7.92. The van der Waals surface area contributed by atoms with Gasteiger partial charge in [-0.2, -0.15) is 0 Å². The van der Waals surface area contributed by atoms with Crippen LogP contribution in [0.15, 0.2) is 52.3 Å². The Morgan fingerprint density at radius 1 is 1.27 bits per heavy atom. The predicted octanol–water partition coefficient (Wildman–Crippen LogP) is 3.20. The number of carbonyl (C=O) groups is 1. The highest BCUT2D eigenvalue weighted by Crippen LogP contribution is 2.34. The third-order valence-electron chi connectivity index (χ3n) is 3.87. The highest BCUT2D eigenvalue weighted by molar-refractivity contribution is 7.91. The molecule has 2 aromatic carbocycles. The third-order valence-corrected chi connectivity index (χ3v) is 6.03. The minimum atomic E-state index is -4.01. The zero-order valence-corrected chi connectivity index (χ0v) is 15.1. The van der Waals surface area contributed by atoms with Crippen molar-refractivity contribution in [2.24, 2.45) is 0 Å². The number of carboxylic acid groups (broad SMARTS) is 1. The maximum absolute atomic E-state index is 13.8. The number of carboxylic acids is 1. The molecule has 0 aliphatic carbocycles. The molecule has 9 heteroatoms. The summed E-state index contributed by atoms with van der Waals surface area (Å²) in [6.45, 7) is 1.09. The lowest BCUT2D eigenvalue weighted by Crippen LogP contribution is -2.23.